The van der Waals surface area contributed by atoms with E-state index in [2.05, 4.69) is 27.4 Å². The molecule has 1 heterocycles. The fourth-order valence-electron chi connectivity index (χ4n) is 4.65. The molecular formula is C15H22O3. The molecule has 0 aromatic carbocycles. The average molecular weight is 250 g/mol. The van der Waals surface area contributed by atoms with Crippen LogP contribution in [-0.4, -0.2) is 23.3 Å². The lowest BCUT2D eigenvalue weighted by molar-refractivity contribution is -0.144. The molecule has 0 aromatic rings. The molecule has 3 fully saturated rings. The fraction of sp³-hybridized carbons (Fsp3) is 0.800. The van der Waals surface area contributed by atoms with Gasteiger partial charge < -0.3 is 9.84 Å². The van der Waals surface area contributed by atoms with Crippen LogP contribution in [0.2, 0.25) is 0 Å². The van der Waals surface area contributed by atoms with E-state index >= 15 is 0 Å². The molecule has 0 amide bonds. The smallest absolute Gasteiger partial charge is 0.309 e. The van der Waals surface area contributed by atoms with Crippen molar-refractivity contribution in [2.45, 2.75) is 45.8 Å². The molecule has 0 spiro atoms. The molecule has 3 aliphatic rings. The Morgan fingerprint density at radius 2 is 2.17 bits per heavy atom. The van der Waals surface area contributed by atoms with Gasteiger partial charge in [-0.1, -0.05) is 27.4 Å². The van der Waals surface area contributed by atoms with Crippen molar-refractivity contribution in [1.82, 2.24) is 0 Å². The maximum atomic E-state index is 12.1. The summed E-state index contributed by atoms with van der Waals surface area (Å²) >= 11 is 0. The quantitative estimate of drug-likeness (QED) is 0.573. The highest BCUT2D eigenvalue weighted by molar-refractivity contribution is 5.77. The van der Waals surface area contributed by atoms with Crippen molar-refractivity contribution in [3.8, 4) is 0 Å². The van der Waals surface area contributed by atoms with E-state index < -0.39 is 6.10 Å². The van der Waals surface area contributed by atoms with Gasteiger partial charge in [-0.05, 0) is 35.7 Å². The predicted octanol–water partition coefficient (Wildman–Crippen LogP) is 2.15. The second-order valence-electron chi connectivity index (χ2n) is 6.83. The number of ether oxygens (including phenoxy) is 1. The second-order valence-corrected chi connectivity index (χ2v) is 6.83. The van der Waals surface area contributed by atoms with Gasteiger partial charge in [-0.15, -0.1) is 0 Å². The molecule has 2 bridgehead atoms. The van der Waals surface area contributed by atoms with Crippen LogP contribution in [0, 0.1) is 29.1 Å². The molecular weight excluding hydrogens is 228 g/mol. The monoisotopic (exact) mass is 250 g/mol. The van der Waals surface area contributed by atoms with Gasteiger partial charge in [0.2, 0.25) is 0 Å². The summed E-state index contributed by atoms with van der Waals surface area (Å²) in [7, 11) is 0. The van der Waals surface area contributed by atoms with Gasteiger partial charge in [0.25, 0.3) is 0 Å². The zero-order chi connectivity index (χ0) is 13.2. The number of carbonyl (C=O) groups is 1. The minimum Gasteiger partial charge on any atom is -0.462 e. The highest BCUT2D eigenvalue weighted by Gasteiger charge is 2.64. The summed E-state index contributed by atoms with van der Waals surface area (Å²) in [4.78, 5) is 12.1. The molecule has 2 saturated carbocycles. The molecule has 100 valence electrons. The van der Waals surface area contributed by atoms with E-state index in [0.717, 1.165) is 12.0 Å². The normalized spacial score (nSPS) is 50.6. The summed E-state index contributed by atoms with van der Waals surface area (Å²) in [6.45, 7) is 10.5. The Labute approximate surface area is 108 Å². The van der Waals surface area contributed by atoms with E-state index in [4.69, 9.17) is 4.74 Å². The van der Waals surface area contributed by atoms with Crippen LogP contribution < -0.4 is 0 Å². The first-order chi connectivity index (χ1) is 8.36. The maximum absolute atomic E-state index is 12.1. The molecule has 1 saturated heterocycles. The highest BCUT2D eigenvalue weighted by Crippen LogP contribution is 2.62. The van der Waals surface area contributed by atoms with Crippen LogP contribution >= 0.6 is 0 Å². The molecule has 1 aliphatic heterocycles. The number of esters is 1. The summed E-state index contributed by atoms with van der Waals surface area (Å²) in [5.41, 5.74) is 0.787. The third-order valence-electron chi connectivity index (χ3n) is 5.64. The molecule has 0 aromatic heterocycles. The van der Waals surface area contributed by atoms with Crippen LogP contribution in [-0.2, 0) is 9.53 Å². The lowest BCUT2D eigenvalue weighted by Crippen LogP contribution is -2.44. The lowest BCUT2D eigenvalue weighted by atomic mass is 9.58. The SMILES string of the molecule is C=C1C(O)CC2C3C(=O)OC(CC12C)C3C(C)C. The zero-order valence-corrected chi connectivity index (χ0v) is 11.3. The van der Waals surface area contributed by atoms with Crippen LogP contribution in [0.1, 0.15) is 33.6 Å². The summed E-state index contributed by atoms with van der Waals surface area (Å²) in [6, 6.07) is 0. The van der Waals surface area contributed by atoms with E-state index in [9.17, 15) is 9.90 Å². The van der Waals surface area contributed by atoms with Gasteiger partial charge in [0.05, 0.1) is 12.0 Å². The number of rotatable bonds is 1. The average Bonchev–Trinajstić information content (AvgIpc) is 2.66. The minimum absolute atomic E-state index is 0.0193. The fourth-order valence-corrected chi connectivity index (χ4v) is 4.65. The minimum atomic E-state index is -0.444. The van der Waals surface area contributed by atoms with Crippen molar-refractivity contribution in [2.24, 2.45) is 29.1 Å². The number of hydrogen-bond donors (Lipinski definition) is 1. The number of fused-ring (bicyclic) bond motifs is 4. The van der Waals surface area contributed by atoms with Gasteiger partial charge in [-0.3, -0.25) is 4.79 Å². The molecule has 3 rings (SSSR count). The first-order valence-corrected chi connectivity index (χ1v) is 6.94. The van der Waals surface area contributed by atoms with E-state index in [1.54, 1.807) is 0 Å². The number of aliphatic hydroxyl groups is 1. The number of aliphatic hydroxyl groups excluding tert-OH is 1. The Hall–Kier alpha value is -0.830. The first kappa shape index (κ1) is 12.2. The van der Waals surface area contributed by atoms with Crippen molar-refractivity contribution in [2.75, 3.05) is 0 Å². The van der Waals surface area contributed by atoms with Gasteiger partial charge in [0, 0.05) is 5.92 Å². The van der Waals surface area contributed by atoms with Gasteiger partial charge in [0.1, 0.15) is 6.10 Å². The molecule has 6 unspecified atom stereocenters. The number of carbonyl (C=O) groups excluding carboxylic acids is 1. The summed E-state index contributed by atoms with van der Waals surface area (Å²) in [5, 5.41) is 10.1. The van der Waals surface area contributed by atoms with E-state index in [0.29, 0.717) is 18.3 Å². The third kappa shape index (κ3) is 1.31. The summed E-state index contributed by atoms with van der Waals surface area (Å²) < 4.78 is 5.58. The zero-order valence-electron chi connectivity index (χ0n) is 11.3. The standard InChI is InChI=1S/C15H22O3/c1-7(2)12-11-6-15(4)8(3)10(16)5-9(15)13(12)14(17)18-11/h7,9-13,16H,3,5-6H2,1-2,4H3. The Morgan fingerprint density at radius 1 is 1.50 bits per heavy atom. The predicted molar refractivity (Wildman–Crippen MR) is 67.7 cm³/mol. The molecule has 3 nitrogen and oxygen atoms in total. The van der Waals surface area contributed by atoms with Crippen LogP contribution in [0.25, 0.3) is 0 Å². The Balaban J connectivity index is 2.03. The van der Waals surface area contributed by atoms with Crippen molar-refractivity contribution in [3.05, 3.63) is 12.2 Å². The van der Waals surface area contributed by atoms with Crippen molar-refractivity contribution < 1.29 is 14.6 Å². The molecule has 18 heavy (non-hydrogen) atoms. The van der Waals surface area contributed by atoms with Gasteiger partial charge in [0.15, 0.2) is 0 Å². The van der Waals surface area contributed by atoms with Crippen molar-refractivity contribution in [1.29, 1.82) is 0 Å². The second kappa shape index (κ2) is 3.60. The topological polar surface area (TPSA) is 46.5 Å². The molecule has 2 aliphatic carbocycles. The molecule has 3 heteroatoms. The summed E-state index contributed by atoms with van der Waals surface area (Å²) in [6.07, 6.45) is 1.08. The highest BCUT2D eigenvalue weighted by atomic mass is 16.6. The van der Waals surface area contributed by atoms with Crippen LogP contribution in [0.4, 0.5) is 0 Å². The molecule has 6 atom stereocenters. The largest absolute Gasteiger partial charge is 0.462 e. The Kier molecular flexibility index (Phi) is 2.44. The Morgan fingerprint density at radius 3 is 2.78 bits per heavy atom. The van der Waals surface area contributed by atoms with Gasteiger partial charge >= 0.3 is 5.97 Å². The van der Waals surface area contributed by atoms with Crippen molar-refractivity contribution >= 4 is 5.97 Å². The third-order valence-corrected chi connectivity index (χ3v) is 5.64. The summed E-state index contributed by atoms with van der Waals surface area (Å²) in [5.74, 6) is 0.881. The lowest BCUT2D eigenvalue weighted by Gasteiger charge is -2.44. The van der Waals surface area contributed by atoms with Gasteiger partial charge in [-0.25, -0.2) is 0 Å². The van der Waals surface area contributed by atoms with Crippen molar-refractivity contribution in [3.63, 3.8) is 0 Å². The van der Waals surface area contributed by atoms with Gasteiger partial charge in [-0.2, -0.15) is 0 Å². The van der Waals surface area contributed by atoms with E-state index in [1.807, 2.05) is 0 Å². The maximum Gasteiger partial charge on any atom is 0.309 e. The first-order valence-electron chi connectivity index (χ1n) is 6.94. The molecule has 0 radical (unpaired) electrons. The Bertz CT molecular complexity index is 414. The van der Waals surface area contributed by atoms with Crippen LogP contribution in [0.3, 0.4) is 0 Å². The van der Waals surface area contributed by atoms with Crippen LogP contribution in [0.15, 0.2) is 12.2 Å². The number of hydrogen-bond acceptors (Lipinski definition) is 3. The van der Waals surface area contributed by atoms with E-state index in [1.165, 1.54) is 0 Å². The van der Waals surface area contributed by atoms with Crippen LogP contribution in [0.5, 0.6) is 0 Å². The molecule has 1 N–H and O–H groups in total. The van der Waals surface area contributed by atoms with E-state index in [-0.39, 0.29) is 29.3 Å².